The first-order chi connectivity index (χ1) is 20.2. The molecule has 20 nitrogen and oxygen atoms in total. The first-order valence-electron chi connectivity index (χ1n) is 12.1. The topological polar surface area (TPSA) is 320 Å². The molecule has 2 unspecified atom stereocenters. The van der Waals surface area contributed by atoms with Crippen molar-refractivity contribution in [3.63, 3.8) is 0 Å². The molecule has 3 aromatic heterocycles. The molecule has 0 spiro atoms. The molecule has 0 aliphatic carbocycles. The van der Waals surface area contributed by atoms with Crippen LogP contribution in [0, 0.1) is 0 Å². The Bertz CT molecular complexity index is 1590. The van der Waals surface area contributed by atoms with E-state index in [2.05, 4.69) is 28.3 Å². The molecule has 0 aromatic carbocycles. The van der Waals surface area contributed by atoms with Gasteiger partial charge < -0.3 is 20.7 Å². The van der Waals surface area contributed by atoms with Crippen molar-refractivity contribution in [3.8, 4) is 0 Å². The van der Waals surface area contributed by atoms with E-state index in [0.29, 0.717) is 4.44 Å². The third-order valence-corrected chi connectivity index (χ3v) is 11.2. The van der Waals surface area contributed by atoms with Gasteiger partial charge in [0.15, 0.2) is 17.7 Å². The normalized spacial score (nSPS) is 32.1. The van der Waals surface area contributed by atoms with E-state index in [1.807, 2.05) is 0 Å². The van der Waals surface area contributed by atoms with Gasteiger partial charge in [0.2, 0.25) is 0 Å². The molecular weight excluding hydrogens is 689 g/mol. The van der Waals surface area contributed by atoms with Crippen LogP contribution in [0.15, 0.2) is 23.7 Å². The number of anilines is 1. The second-order valence-corrected chi connectivity index (χ2v) is 14.3. The van der Waals surface area contributed by atoms with Crippen molar-refractivity contribution in [2.24, 2.45) is 5.73 Å². The van der Waals surface area contributed by atoms with Crippen LogP contribution in [0.5, 0.6) is 0 Å². The van der Waals surface area contributed by atoms with Gasteiger partial charge in [-0.3, -0.25) is 4.57 Å². The van der Waals surface area contributed by atoms with Crippen LogP contribution >= 0.6 is 15.6 Å². The summed E-state index contributed by atoms with van der Waals surface area (Å²) in [5, 5.41) is 41.4. The molecule has 5 heterocycles. The van der Waals surface area contributed by atoms with E-state index >= 15 is 0 Å². The fourth-order valence-corrected chi connectivity index (χ4v) is 8.46. The molecule has 8 N–H and O–H groups in total. The van der Waals surface area contributed by atoms with Gasteiger partial charge in [-0.1, -0.05) is 0 Å². The Labute approximate surface area is 246 Å². The van der Waals surface area contributed by atoms with Crippen molar-refractivity contribution in [1.82, 2.24) is 19.5 Å². The molecule has 2 fully saturated rings. The quantitative estimate of drug-likeness (QED) is 0.0815. The predicted octanol–water partition coefficient (Wildman–Crippen LogP) is -3.97. The molecule has 2 aliphatic heterocycles. The number of nitrogen functional groups attached to an aromatic ring is 1. The molecule has 2 aliphatic rings. The van der Waals surface area contributed by atoms with E-state index in [-0.39, 0.29) is 22.5 Å². The van der Waals surface area contributed by atoms with E-state index in [4.69, 9.17) is 20.9 Å². The third-order valence-electron chi connectivity index (χ3n) is 6.54. The van der Waals surface area contributed by atoms with Crippen LogP contribution in [0.2, 0.25) is 0 Å². The SMILES string of the molecule is NC(=O)c1c[se]c([C@@H]2O[C@H](COP(=O)([O-])OP(=O)([O-])OC[C@H]3O[C@@H](n4cnc5c(N)ncnc54)[C@H](O)[C@@H]3O)[C@@H](O)[C@H]2O)c1. The summed E-state index contributed by atoms with van der Waals surface area (Å²) in [7, 11) is -11.3. The monoisotopic (exact) mass is 714 g/mol. The second-order valence-electron chi connectivity index (χ2n) is 9.38. The Balaban J connectivity index is 1.15. The van der Waals surface area contributed by atoms with Crippen LogP contribution in [0.3, 0.4) is 0 Å². The Morgan fingerprint density at radius 3 is 2.26 bits per heavy atom. The Kier molecular flexibility index (Phi) is 9.24. The molecule has 3 aromatic rings. The summed E-state index contributed by atoms with van der Waals surface area (Å²) in [6.07, 6.45) is -9.41. The number of nitrogens with zero attached hydrogens (tertiary/aromatic N) is 4. The number of carbonyl (C=O) groups is 1. The van der Waals surface area contributed by atoms with E-state index < -0.39 is 98.2 Å². The average molecular weight is 713 g/mol. The number of ether oxygens (including phenoxy) is 2. The number of amides is 1. The maximum atomic E-state index is 12.3. The van der Waals surface area contributed by atoms with E-state index in [1.54, 1.807) is 4.94 Å². The van der Waals surface area contributed by atoms with Crippen LogP contribution in [-0.4, -0.2) is 110 Å². The van der Waals surface area contributed by atoms with Crippen LogP contribution in [-0.2, 0) is 32.0 Å². The Morgan fingerprint density at radius 2 is 1.63 bits per heavy atom. The number of nitrogens with two attached hydrogens (primary N) is 2. The molecule has 0 saturated carbocycles. The number of hydrogen-bond donors (Lipinski definition) is 6. The summed E-state index contributed by atoms with van der Waals surface area (Å²) >= 11 is -0.434. The van der Waals surface area contributed by atoms with E-state index in [9.17, 15) is 44.1 Å². The number of carbonyl (C=O) groups excluding carboxylic acids is 1. The van der Waals surface area contributed by atoms with Gasteiger partial charge in [-0.05, 0) is 0 Å². The second kappa shape index (κ2) is 12.3. The van der Waals surface area contributed by atoms with Gasteiger partial charge in [0, 0.05) is 0 Å². The van der Waals surface area contributed by atoms with Crippen LogP contribution in [0.25, 0.3) is 11.2 Å². The minimum atomic E-state index is -5.66. The summed E-state index contributed by atoms with van der Waals surface area (Å²) in [5.74, 6) is -0.658. The van der Waals surface area contributed by atoms with Crippen molar-refractivity contribution < 1.29 is 67.0 Å². The number of hydrogen-bond acceptors (Lipinski definition) is 18. The van der Waals surface area contributed by atoms with Crippen molar-refractivity contribution in [1.29, 1.82) is 0 Å². The number of imidazole rings is 1. The molecular formula is C20H24N6O14P2Se-2. The number of aliphatic hydroxyl groups is 4. The number of aromatic nitrogens is 4. The number of aliphatic hydroxyl groups excluding tert-OH is 4. The zero-order chi connectivity index (χ0) is 31.3. The van der Waals surface area contributed by atoms with Crippen molar-refractivity contribution in [3.05, 3.63) is 33.7 Å². The summed E-state index contributed by atoms with van der Waals surface area (Å²) in [5.41, 5.74) is 11.5. The zero-order valence-corrected chi connectivity index (χ0v) is 25.0. The molecule has 0 bridgehead atoms. The fraction of sp³-hybridized carbons (Fsp3) is 0.500. The molecule has 1 amide bonds. The van der Waals surface area contributed by atoms with Gasteiger partial charge >= 0.3 is 159 Å². The predicted molar refractivity (Wildman–Crippen MR) is 135 cm³/mol. The Morgan fingerprint density at radius 1 is 1.00 bits per heavy atom. The van der Waals surface area contributed by atoms with E-state index in [1.165, 1.54) is 17.0 Å². The summed E-state index contributed by atoms with van der Waals surface area (Å²) < 4.78 is 50.3. The number of rotatable bonds is 11. The molecule has 5 rings (SSSR count). The van der Waals surface area contributed by atoms with Gasteiger partial charge in [0.25, 0.3) is 0 Å². The van der Waals surface area contributed by atoms with Crippen molar-refractivity contribution in [2.45, 2.75) is 49.0 Å². The first-order valence-corrected chi connectivity index (χ1v) is 16.9. The number of phosphoric acid groups is 2. The van der Waals surface area contributed by atoms with Crippen molar-refractivity contribution in [2.75, 3.05) is 18.9 Å². The van der Waals surface area contributed by atoms with Crippen LogP contribution in [0.4, 0.5) is 5.82 Å². The summed E-state index contributed by atoms with van der Waals surface area (Å²) in [6.45, 7) is -1.92. The number of primary amides is 1. The van der Waals surface area contributed by atoms with Crippen molar-refractivity contribution >= 4 is 53.0 Å². The van der Waals surface area contributed by atoms with Gasteiger partial charge in [-0.15, -0.1) is 0 Å². The fourth-order valence-electron chi connectivity index (χ4n) is 4.40. The molecule has 0 radical (unpaired) electrons. The van der Waals surface area contributed by atoms with E-state index in [0.717, 1.165) is 6.33 Å². The van der Waals surface area contributed by atoms with Gasteiger partial charge in [0.1, 0.15) is 24.1 Å². The van der Waals surface area contributed by atoms with Crippen LogP contribution in [0.1, 0.15) is 27.1 Å². The number of phosphoric ester groups is 2. The zero-order valence-electron chi connectivity index (χ0n) is 21.5. The van der Waals surface area contributed by atoms with Gasteiger partial charge in [-0.2, -0.15) is 0 Å². The summed E-state index contributed by atoms with van der Waals surface area (Å²) in [4.78, 5) is 49.2. The van der Waals surface area contributed by atoms with Gasteiger partial charge in [-0.25, -0.2) is 15.0 Å². The maximum absolute atomic E-state index is 12.3. The molecule has 43 heavy (non-hydrogen) atoms. The molecule has 10 atom stereocenters. The summed E-state index contributed by atoms with van der Waals surface area (Å²) in [6, 6.07) is 1.40. The first kappa shape index (κ1) is 32.2. The molecule has 2 saturated heterocycles. The minimum absolute atomic E-state index is 0.0402. The molecule has 23 heteroatoms. The third kappa shape index (κ3) is 6.76. The molecule has 236 valence electrons. The standard InChI is InChI=1S/C20H26N6O14P2Se/c21-17-11-19(24-5-23-17)26(6-25-11)20-15(30)13(28)9(39-20)3-37-42(34,35)40-41(32,33)36-2-8-12(27)14(29)16(38-8)10-1-7(4-43-10)18(22)31/h1,4-6,8-9,12-16,20,27-30H,2-3H2,(H2,22,31)(H,32,33)(H,34,35)(H2,21,23,24)/p-2/t8-,9-,12-,13-,14-,15-,16+,20-/m1/s1. The number of fused-ring (bicyclic) bond motifs is 1. The Hall–Kier alpha value is -2.16. The average Bonchev–Trinajstić information content (AvgIpc) is 3.70. The van der Waals surface area contributed by atoms with Crippen LogP contribution < -0.4 is 21.3 Å². The van der Waals surface area contributed by atoms with Gasteiger partial charge in [0.05, 0.1) is 6.33 Å².